The van der Waals surface area contributed by atoms with E-state index in [4.69, 9.17) is 9.47 Å². The van der Waals surface area contributed by atoms with Crippen LogP contribution in [0.15, 0.2) is 66.9 Å². The van der Waals surface area contributed by atoms with Crippen molar-refractivity contribution in [3.8, 4) is 11.5 Å². The molecule has 130 valence electrons. The molecule has 0 saturated carbocycles. The maximum Gasteiger partial charge on any atom is 0.255 e. The van der Waals surface area contributed by atoms with E-state index >= 15 is 0 Å². The molecule has 0 atom stereocenters. The first-order valence-corrected chi connectivity index (χ1v) is 8.27. The number of para-hydroxylation sites is 1. The molecule has 2 heterocycles. The lowest BCUT2D eigenvalue weighted by molar-refractivity contribution is 0.102. The van der Waals surface area contributed by atoms with Gasteiger partial charge in [0.15, 0.2) is 11.5 Å². The number of carbonyl (C=O) groups excluding carboxylic acids is 1. The van der Waals surface area contributed by atoms with Gasteiger partial charge in [0.05, 0.1) is 0 Å². The molecule has 1 amide bonds. The van der Waals surface area contributed by atoms with Gasteiger partial charge in [-0.3, -0.25) is 4.79 Å². The minimum Gasteiger partial charge on any atom is -0.486 e. The summed E-state index contributed by atoms with van der Waals surface area (Å²) in [5.74, 6) is 1.80. The summed E-state index contributed by atoms with van der Waals surface area (Å²) in [4.78, 5) is 16.7. The van der Waals surface area contributed by atoms with Crippen LogP contribution in [0.4, 0.5) is 17.2 Å². The molecule has 6 heteroatoms. The Morgan fingerprint density at radius 2 is 1.69 bits per heavy atom. The number of amides is 1. The van der Waals surface area contributed by atoms with E-state index in [9.17, 15) is 4.79 Å². The van der Waals surface area contributed by atoms with Gasteiger partial charge in [-0.1, -0.05) is 18.2 Å². The molecule has 0 radical (unpaired) electrons. The summed E-state index contributed by atoms with van der Waals surface area (Å²) in [6.07, 6.45) is 1.60. The normalized spacial score (nSPS) is 12.3. The number of fused-ring (bicyclic) bond motifs is 1. The SMILES string of the molecule is O=C(Nc1ccccc1)c1ccnc(Nc2ccc3c(c2)OCCO3)c1. The fourth-order valence-electron chi connectivity index (χ4n) is 2.63. The summed E-state index contributed by atoms with van der Waals surface area (Å²) in [7, 11) is 0. The van der Waals surface area contributed by atoms with Gasteiger partial charge in [-0.25, -0.2) is 4.98 Å². The van der Waals surface area contributed by atoms with Gasteiger partial charge in [0.1, 0.15) is 19.0 Å². The molecular formula is C20H17N3O3. The second-order valence-electron chi connectivity index (χ2n) is 5.73. The standard InChI is InChI=1S/C20H17N3O3/c24-20(23-15-4-2-1-3-5-15)14-8-9-21-19(12-14)22-16-6-7-17-18(13-16)26-11-10-25-17/h1-9,12-13H,10-11H2,(H,21,22)(H,23,24). The predicted molar refractivity (Wildman–Crippen MR) is 99.3 cm³/mol. The number of hydrogen-bond donors (Lipinski definition) is 2. The van der Waals surface area contributed by atoms with Gasteiger partial charge >= 0.3 is 0 Å². The Kier molecular flexibility index (Phi) is 4.38. The van der Waals surface area contributed by atoms with E-state index in [1.165, 1.54) is 0 Å². The van der Waals surface area contributed by atoms with Crippen LogP contribution >= 0.6 is 0 Å². The Balaban J connectivity index is 1.50. The van der Waals surface area contributed by atoms with Crippen molar-refractivity contribution < 1.29 is 14.3 Å². The van der Waals surface area contributed by atoms with Crippen molar-refractivity contribution in [2.24, 2.45) is 0 Å². The summed E-state index contributed by atoms with van der Waals surface area (Å²) in [6.45, 7) is 1.09. The summed E-state index contributed by atoms with van der Waals surface area (Å²) in [6, 6.07) is 18.3. The lowest BCUT2D eigenvalue weighted by Gasteiger charge is -2.19. The molecule has 0 fully saturated rings. The third-order valence-electron chi connectivity index (χ3n) is 3.87. The highest BCUT2D eigenvalue weighted by molar-refractivity contribution is 6.04. The molecule has 6 nitrogen and oxygen atoms in total. The van der Waals surface area contributed by atoms with Crippen LogP contribution in [0.2, 0.25) is 0 Å². The molecule has 26 heavy (non-hydrogen) atoms. The third-order valence-corrected chi connectivity index (χ3v) is 3.87. The molecule has 0 saturated heterocycles. The molecule has 4 rings (SSSR count). The number of pyridine rings is 1. The van der Waals surface area contributed by atoms with E-state index in [2.05, 4.69) is 15.6 Å². The van der Waals surface area contributed by atoms with Crippen molar-refractivity contribution >= 4 is 23.1 Å². The van der Waals surface area contributed by atoms with E-state index in [0.717, 1.165) is 17.1 Å². The van der Waals surface area contributed by atoms with Crippen molar-refractivity contribution in [3.63, 3.8) is 0 Å². The molecule has 0 aliphatic carbocycles. The maximum absolute atomic E-state index is 12.4. The zero-order valence-electron chi connectivity index (χ0n) is 13.9. The van der Waals surface area contributed by atoms with Gasteiger partial charge in [-0.15, -0.1) is 0 Å². The smallest absolute Gasteiger partial charge is 0.255 e. The highest BCUT2D eigenvalue weighted by atomic mass is 16.6. The zero-order chi connectivity index (χ0) is 17.8. The first kappa shape index (κ1) is 16.0. The van der Waals surface area contributed by atoms with Crippen LogP contribution in [-0.4, -0.2) is 24.1 Å². The van der Waals surface area contributed by atoms with Crippen LogP contribution in [0, 0.1) is 0 Å². The number of benzene rings is 2. The molecule has 0 bridgehead atoms. The zero-order valence-corrected chi connectivity index (χ0v) is 13.9. The molecule has 3 aromatic rings. The first-order chi connectivity index (χ1) is 12.8. The number of nitrogens with one attached hydrogen (secondary N) is 2. The fraction of sp³-hybridized carbons (Fsp3) is 0.100. The topological polar surface area (TPSA) is 72.5 Å². The first-order valence-electron chi connectivity index (χ1n) is 8.27. The van der Waals surface area contributed by atoms with E-state index < -0.39 is 0 Å². The number of aromatic nitrogens is 1. The van der Waals surface area contributed by atoms with Gasteiger partial charge in [-0.05, 0) is 36.4 Å². The molecule has 2 aromatic carbocycles. The quantitative estimate of drug-likeness (QED) is 0.750. The van der Waals surface area contributed by atoms with Gasteiger partial charge in [0.2, 0.25) is 0 Å². The second kappa shape index (κ2) is 7.14. The number of nitrogens with zero attached hydrogens (tertiary/aromatic N) is 1. The van der Waals surface area contributed by atoms with Crippen molar-refractivity contribution in [1.29, 1.82) is 0 Å². The fourth-order valence-corrected chi connectivity index (χ4v) is 2.63. The Morgan fingerprint density at radius 3 is 2.54 bits per heavy atom. The third kappa shape index (κ3) is 3.59. The van der Waals surface area contributed by atoms with Crippen LogP contribution in [0.1, 0.15) is 10.4 Å². The highest BCUT2D eigenvalue weighted by Crippen LogP contribution is 2.33. The van der Waals surface area contributed by atoms with Crippen LogP contribution < -0.4 is 20.1 Å². The number of ether oxygens (including phenoxy) is 2. The van der Waals surface area contributed by atoms with Gasteiger partial charge < -0.3 is 20.1 Å². The lowest BCUT2D eigenvalue weighted by atomic mass is 10.2. The van der Waals surface area contributed by atoms with Gasteiger partial charge in [-0.2, -0.15) is 0 Å². The van der Waals surface area contributed by atoms with Crippen LogP contribution in [-0.2, 0) is 0 Å². The minimum atomic E-state index is -0.191. The van der Waals surface area contributed by atoms with Crippen molar-refractivity contribution in [1.82, 2.24) is 4.98 Å². The van der Waals surface area contributed by atoms with Crippen LogP contribution in [0.5, 0.6) is 11.5 Å². The summed E-state index contributed by atoms with van der Waals surface area (Å²) in [5, 5.41) is 6.05. The van der Waals surface area contributed by atoms with Crippen molar-refractivity contribution in [3.05, 3.63) is 72.4 Å². The number of hydrogen-bond acceptors (Lipinski definition) is 5. The number of carbonyl (C=O) groups is 1. The second-order valence-corrected chi connectivity index (χ2v) is 5.73. The number of rotatable bonds is 4. The highest BCUT2D eigenvalue weighted by Gasteiger charge is 2.12. The van der Waals surface area contributed by atoms with E-state index in [0.29, 0.717) is 30.3 Å². The van der Waals surface area contributed by atoms with Crippen LogP contribution in [0.3, 0.4) is 0 Å². The molecule has 2 N–H and O–H groups in total. The predicted octanol–water partition coefficient (Wildman–Crippen LogP) is 3.85. The Bertz CT molecular complexity index is 929. The average molecular weight is 347 g/mol. The summed E-state index contributed by atoms with van der Waals surface area (Å²) < 4.78 is 11.1. The molecule has 1 aromatic heterocycles. The van der Waals surface area contributed by atoms with E-state index in [1.54, 1.807) is 18.3 Å². The monoisotopic (exact) mass is 347 g/mol. The molecule has 1 aliphatic rings. The molecular weight excluding hydrogens is 330 g/mol. The number of anilines is 3. The lowest BCUT2D eigenvalue weighted by Crippen LogP contribution is -2.15. The summed E-state index contributed by atoms with van der Waals surface area (Å²) >= 11 is 0. The van der Waals surface area contributed by atoms with E-state index in [1.807, 2.05) is 48.5 Å². The summed E-state index contributed by atoms with van der Waals surface area (Å²) in [5.41, 5.74) is 2.07. The van der Waals surface area contributed by atoms with E-state index in [-0.39, 0.29) is 5.91 Å². The molecule has 0 spiro atoms. The Labute approximate surface area is 150 Å². The minimum absolute atomic E-state index is 0.191. The average Bonchev–Trinajstić information content (AvgIpc) is 2.69. The Hall–Kier alpha value is -3.54. The molecule has 0 unspecified atom stereocenters. The largest absolute Gasteiger partial charge is 0.486 e. The van der Waals surface area contributed by atoms with Crippen molar-refractivity contribution in [2.75, 3.05) is 23.8 Å². The van der Waals surface area contributed by atoms with Gasteiger partial charge in [0, 0.05) is 29.2 Å². The maximum atomic E-state index is 12.4. The Morgan fingerprint density at radius 1 is 0.885 bits per heavy atom. The van der Waals surface area contributed by atoms with Crippen molar-refractivity contribution in [2.45, 2.75) is 0 Å². The van der Waals surface area contributed by atoms with Gasteiger partial charge in [0.25, 0.3) is 5.91 Å². The van der Waals surface area contributed by atoms with Crippen LogP contribution in [0.25, 0.3) is 0 Å². The molecule has 1 aliphatic heterocycles.